The lowest BCUT2D eigenvalue weighted by atomic mass is 10.1. The molecule has 2 aromatic rings. The van der Waals surface area contributed by atoms with E-state index in [0.717, 1.165) is 0 Å². The Morgan fingerprint density at radius 3 is 2.18 bits per heavy atom. The number of benzene rings is 2. The molecule has 0 heterocycles. The molecule has 0 aliphatic heterocycles. The number of hydrogen-bond acceptors (Lipinski definition) is 5. The van der Waals surface area contributed by atoms with Gasteiger partial charge in [0, 0.05) is 25.2 Å². The van der Waals surface area contributed by atoms with Gasteiger partial charge < -0.3 is 14.4 Å². The summed E-state index contributed by atoms with van der Waals surface area (Å²) in [5.41, 5.74) is 1.61. The monoisotopic (exact) mass is 379 g/mol. The SMILES string of the molecule is CCOc1cc(C=C2C(=O)c3ccccc3C2=O)ccc1OCC(=O)N(C)C. The van der Waals surface area contributed by atoms with E-state index in [0.29, 0.717) is 34.8 Å². The van der Waals surface area contributed by atoms with Crippen molar-refractivity contribution in [2.45, 2.75) is 6.92 Å². The summed E-state index contributed by atoms with van der Waals surface area (Å²) in [6, 6.07) is 11.9. The summed E-state index contributed by atoms with van der Waals surface area (Å²) in [5.74, 6) is 0.130. The quantitative estimate of drug-likeness (QED) is 0.570. The van der Waals surface area contributed by atoms with Crippen LogP contribution >= 0.6 is 0 Å². The van der Waals surface area contributed by atoms with Gasteiger partial charge in [-0.05, 0) is 30.7 Å². The van der Waals surface area contributed by atoms with Crippen LogP contribution < -0.4 is 9.47 Å². The van der Waals surface area contributed by atoms with Crippen molar-refractivity contribution in [2.75, 3.05) is 27.3 Å². The van der Waals surface area contributed by atoms with E-state index >= 15 is 0 Å². The molecule has 0 radical (unpaired) electrons. The maximum atomic E-state index is 12.5. The number of carbonyl (C=O) groups is 3. The first-order valence-electron chi connectivity index (χ1n) is 8.92. The Kier molecular flexibility index (Phi) is 5.59. The number of ketones is 2. The number of fused-ring (bicyclic) bond motifs is 1. The van der Waals surface area contributed by atoms with Gasteiger partial charge in [-0.25, -0.2) is 0 Å². The van der Waals surface area contributed by atoms with Gasteiger partial charge in [0.15, 0.2) is 29.7 Å². The number of nitrogens with zero attached hydrogens (tertiary/aromatic N) is 1. The van der Waals surface area contributed by atoms with Crippen molar-refractivity contribution in [3.8, 4) is 11.5 Å². The van der Waals surface area contributed by atoms with Crippen LogP contribution in [-0.2, 0) is 4.79 Å². The molecular weight excluding hydrogens is 358 g/mol. The van der Waals surface area contributed by atoms with Crippen LogP contribution in [0.25, 0.3) is 6.08 Å². The van der Waals surface area contributed by atoms with E-state index in [1.807, 2.05) is 6.92 Å². The minimum absolute atomic E-state index is 0.111. The lowest BCUT2D eigenvalue weighted by molar-refractivity contribution is -0.130. The molecule has 0 bridgehead atoms. The topological polar surface area (TPSA) is 72.9 Å². The molecule has 1 aliphatic rings. The Morgan fingerprint density at radius 2 is 1.61 bits per heavy atom. The third-order valence-corrected chi connectivity index (χ3v) is 4.33. The van der Waals surface area contributed by atoms with Gasteiger partial charge in [-0.2, -0.15) is 0 Å². The summed E-state index contributed by atoms with van der Waals surface area (Å²) >= 11 is 0. The van der Waals surface area contributed by atoms with Gasteiger partial charge in [-0.15, -0.1) is 0 Å². The summed E-state index contributed by atoms with van der Waals surface area (Å²) in [6.45, 7) is 2.13. The second kappa shape index (κ2) is 8.08. The highest BCUT2D eigenvalue weighted by Gasteiger charge is 2.32. The predicted octanol–water partition coefficient (Wildman–Crippen LogP) is 3.01. The smallest absolute Gasteiger partial charge is 0.259 e. The van der Waals surface area contributed by atoms with Gasteiger partial charge >= 0.3 is 0 Å². The Morgan fingerprint density at radius 1 is 0.964 bits per heavy atom. The summed E-state index contributed by atoms with van der Waals surface area (Å²) in [4.78, 5) is 38.3. The van der Waals surface area contributed by atoms with Gasteiger partial charge in [-0.3, -0.25) is 14.4 Å². The Hall–Kier alpha value is -3.41. The zero-order valence-corrected chi connectivity index (χ0v) is 16.0. The molecule has 28 heavy (non-hydrogen) atoms. The number of Topliss-reactive ketones (excluding diaryl/α,β-unsaturated/α-hetero) is 2. The van der Waals surface area contributed by atoms with Crippen LogP contribution in [0, 0.1) is 0 Å². The third kappa shape index (κ3) is 3.81. The van der Waals surface area contributed by atoms with E-state index in [1.165, 1.54) is 4.90 Å². The van der Waals surface area contributed by atoms with Crippen LogP contribution in [0.4, 0.5) is 0 Å². The summed E-state index contributed by atoms with van der Waals surface area (Å²) in [7, 11) is 3.30. The number of allylic oxidation sites excluding steroid dienone is 1. The van der Waals surface area contributed by atoms with Crippen LogP contribution in [0.2, 0.25) is 0 Å². The molecule has 0 saturated carbocycles. The second-order valence-electron chi connectivity index (χ2n) is 6.48. The van der Waals surface area contributed by atoms with Crippen LogP contribution in [0.5, 0.6) is 11.5 Å². The Labute approximate surface area is 163 Å². The number of amides is 1. The first-order valence-corrected chi connectivity index (χ1v) is 8.92. The minimum atomic E-state index is -0.282. The van der Waals surface area contributed by atoms with Gasteiger partial charge in [0.1, 0.15) is 0 Å². The Balaban J connectivity index is 1.88. The van der Waals surface area contributed by atoms with Crippen molar-refractivity contribution in [1.29, 1.82) is 0 Å². The average molecular weight is 379 g/mol. The maximum absolute atomic E-state index is 12.5. The van der Waals surface area contributed by atoms with Gasteiger partial charge in [0.2, 0.25) is 0 Å². The van der Waals surface area contributed by atoms with E-state index in [2.05, 4.69) is 0 Å². The molecule has 0 fully saturated rings. The highest BCUT2D eigenvalue weighted by molar-refractivity contribution is 6.41. The second-order valence-corrected chi connectivity index (χ2v) is 6.48. The van der Waals surface area contributed by atoms with E-state index in [-0.39, 0.29) is 29.7 Å². The van der Waals surface area contributed by atoms with Gasteiger partial charge in [0.25, 0.3) is 5.91 Å². The predicted molar refractivity (Wildman–Crippen MR) is 105 cm³/mol. The number of likely N-dealkylation sites (N-methyl/N-ethyl adjacent to an activating group) is 1. The minimum Gasteiger partial charge on any atom is -0.490 e. The zero-order chi connectivity index (χ0) is 20.3. The standard InChI is InChI=1S/C22H21NO5/c1-4-27-19-12-14(9-10-18(19)28-13-20(24)23(2)3)11-17-21(25)15-7-5-6-8-16(15)22(17)26/h5-12H,4,13H2,1-3H3. The highest BCUT2D eigenvalue weighted by Crippen LogP contribution is 2.32. The van der Waals surface area contributed by atoms with Crippen LogP contribution in [0.15, 0.2) is 48.0 Å². The van der Waals surface area contributed by atoms with Crippen LogP contribution in [0.3, 0.4) is 0 Å². The molecule has 0 saturated heterocycles. The van der Waals surface area contributed by atoms with Crippen LogP contribution in [-0.4, -0.2) is 49.7 Å². The van der Waals surface area contributed by atoms with Crippen LogP contribution in [0.1, 0.15) is 33.2 Å². The molecule has 6 nitrogen and oxygen atoms in total. The molecule has 2 aromatic carbocycles. The first kappa shape index (κ1) is 19.4. The first-order chi connectivity index (χ1) is 13.4. The number of hydrogen-bond donors (Lipinski definition) is 0. The largest absolute Gasteiger partial charge is 0.490 e. The van der Waals surface area contributed by atoms with Crippen molar-refractivity contribution in [2.24, 2.45) is 0 Å². The fourth-order valence-electron chi connectivity index (χ4n) is 2.84. The molecule has 0 N–H and O–H groups in total. The molecule has 6 heteroatoms. The molecule has 0 atom stereocenters. The molecule has 1 amide bonds. The number of carbonyl (C=O) groups excluding carboxylic acids is 3. The van der Waals surface area contributed by atoms with Crippen molar-refractivity contribution in [3.63, 3.8) is 0 Å². The normalized spacial score (nSPS) is 12.6. The fraction of sp³-hybridized carbons (Fsp3) is 0.227. The molecule has 1 aliphatic carbocycles. The summed E-state index contributed by atoms with van der Waals surface area (Å²) < 4.78 is 11.2. The van der Waals surface area contributed by atoms with Gasteiger partial charge in [-0.1, -0.05) is 30.3 Å². The molecule has 3 rings (SSSR count). The highest BCUT2D eigenvalue weighted by atomic mass is 16.5. The van der Waals surface area contributed by atoms with Crippen molar-refractivity contribution >= 4 is 23.5 Å². The third-order valence-electron chi connectivity index (χ3n) is 4.33. The lowest BCUT2D eigenvalue weighted by Gasteiger charge is -2.14. The number of rotatable bonds is 6. The van der Waals surface area contributed by atoms with E-state index in [1.54, 1.807) is 62.6 Å². The van der Waals surface area contributed by atoms with Crippen molar-refractivity contribution < 1.29 is 23.9 Å². The average Bonchev–Trinajstić information content (AvgIpc) is 2.92. The molecule has 0 spiro atoms. The molecular formula is C22H21NO5. The zero-order valence-electron chi connectivity index (χ0n) is 16.0. The van der Waals surface area contributed by atoms with E-state index in [9.17, 15) is 14.4 Å². The summed E-state index contributed by atoms with van der Waals surface area (Å²) in [5, 5.41) is 0. The molecule has 0 unspecified atom stereocenters. The van der Waals surface area contributed by atoms with Crippen molar-refractivity contribution in [1.82, 2.24) is 4.90 Å². The molecule has 144 valence electrons. The number of ether oxygens (including phenoxy) is 2. The van der Waals surface area contributed by atoms with E-state index in [4.69, 9.17) is 9.47 Å². The van der Waals surface area contributed by atoms with Crippen molar-refractivity contribution in [3.05, 3.63) is 64.7 Å². The lowest BCUT2D eigenvalue weighted by Crippen LogP contribution is -2.27. The summed E-state index contributed by atoms with van der Waals surface area (Å²) in [6.07, 6.45) is 1.56. The maximum Gasteiger partial charge on any atom is 0.259 e. The molecule has 0 aromatic heterocycles. The fourth-order valence-corrected chi connectivity index (χ4v) is 2.84. The van der Waals surface area contributed by atoms with E-state index < -0.39 is 0 Å². The Bertz CT molecular complexity index is 938. The van der Waals surface area contributed by atoms with Gasteiger partial charge in [0.05, 0.1) is 12.2 Å².